The van der Waals surface area contributed by atoms with E-state index in [1.54, 1.807) is 0 Å². The zero-order chi connectivity index (χ0) is 12.8. The summed E-state index contributed by atoms with van der Waals surface area (Å²) >= 11 is 2.26. The Labute approximate surface area is 117 Å². The largest absolute Gasteiger partial charge is 0.374 e. The van der Waals surface area contributed by atoms with Gasteiger partial charge in [-0.3, -0.25) is 4.79 Å². The standard InChI is InChI=1S/C13H19IN2O/c1-9(2)8-15-13(17)10(3)16-12-6-4-11(14)5-7-12/h4-7,9-10,16H,8H2,1-3H3,(H,15,17). The van der Waals surface area contributed by atoms with Gasteiger partial charge in [0.05, 0.1) is 0 Å². The van der Waals surface area contributed by atoms with Crippen LogP contribution in [-0.4, -0.2) is 18.5 Å². The van der Waals surface area contributed by atoms with E-state index in [1.807, 2.05) is 31.2 Å². The van der Waals surface area contributed by atoms with Gasteiger partial charge in [-0.1, -0.05) is 13.8 Å². The molecule has 1 aromatic carbocycles. The summed E-state index contributed by atoms with van der Waals surface area (Å²) < 4.78 is 1.19. The summed E-state index contributed by atoms with van der Waals surface area (Å²) in [6, 6.07) is 7.78. The molecule has 0 aliphatic rings. The molecule has 0 aromatic heterocycles. The molecule has 0 heterocycles. The van der Waals surface area contributed by atoms with Crippen molar-refractivity contribution in [1.82, 2.24) is 5.32 Å². The molecule has 1 rings (SSSR count). The Hall–Kier alpha value is -0.780. The topological polar surface area (TPSA) is 41.1 Å². The number of carbonyl (C=O) groups is 1. The molecule has 94 valence electrons. The number of benzene rings is 1. The van der Waals surface area contributed by atoms with Crippen molar-refractivity contribution in [2.45, 2.75) is 26.8 Å². The molecule has 1 unspecified atom stereocenters. The number of anilines is 1. The van der Waals surface area contributed by atoms with Crippen molar-refractivity contribution < 1.29 is 4.79 Å². The lowest BCUT2D eigenvalue weighted by Gasteiger charge is -2.16. The predicted molar refractivity (Wildman–Crippen MR) is 80.1 cm³/mol. The van der Waals surface area contributed by atoms with Gasteiger partial charge in [-0.15, -0.1) is 0 Å². The fourth-order valence-electron chi connectivity index (χ4n) is 1.32. The van der Waals surface area contributed by atoms with Gasteiger partial charge in [0.1, 0.15) is 6.04 Å². The highest BCUT2D eigenvalue weighted by Gasteiger charge is 2.12. The summed E-state index contributed by atoms with van der Waals surface area (Å²) in [6.45, 7) is 6.75. The minimum Gasteiger partial charge on any atom is -0.374 e. The zero-order valence-corrected chi connectivity index (χ0v) is 12.6. The van der Waals surface area contributed by atoms with Crippen LogP contribution in [0.5, 0.6) is 0 Å². The normalized spacial score (nSPS) is 12.3. The first kappa shape index (κ1) is 14.3. The van der Waals surface area contributed by atoms with Crippen LogP contribution < -0.4 is 10.6 Å². The summed E-state index contributed by atoms with van der Waals surface area (Å²) in [5.74, 6) is 0.515. The summed E-state index contributed by atoms with van der Waals surface area (Å²) in [5, 5.41) is 6.09. The fraction of sp³-hybridized carbons (Fsp3) is 0.462. The van der Waals surface area contributed by atoms with Crippen molar-refractivity contribution in [2.75, 3.05) is 11.9 Å². The van der Waals surface area contributed by atoms with Gasteiger partial charge in [-0.05, 0) is 59.7 Å². The van der Waals surface area contributed by atoms with Crippen LogP contribution in [0.2, 0.25) is 0 Å². The Kier molecular flexibility index (Phi) is 5.74. The Balaban J connectivity index is 2.45. The molecular formula is C13H19IN2O. The molecule has 1 atom stereocenters. The minimum atomic E-state index is -0.214. The third kappa shape index (κ3) is 5.39. The van der Waals surface area contributed by atoms with Crippen LogP contribution in [0.4, 0.5) is 5.69 Å². The highest BCUT2D eigenvalue weighted by Crippen LogP contribution is 2.12. The molecule has 3 nitrogen and oxygen atoms in total. The first-order valence-corrected chi connectivity index (χ1v) is 6.86. The summed E-state index contributed by atoms with van der Waals surface area (Å²) in [6.07, 6.45) is 0. The molecule has 0 fully saturated rings. The Bertz CT molecular complexity index is 362. The lowest BCUT2D eigenvalue weighted by atomic mass is 10.2. The van der Waals surface area contributed by atoms with Gasteiger partial charge in [0.2, 0.25) is 5.91 Å². The van der Waals surface area contributed by atoms with Crippen LogP contribution in [0.1, 0.15) is 20.8 Å². The van der Waals surface area contributed by atoms with Gasteiger partial charge in [0, 0.05) is 15.8 Å². The molecule has 0 saturated carbocycles. The molecule has 0 radical (unpaired) electrons. The van der Waals surface area contributed by atoms with Crippen LogP contribution in [-0.2, 0) is 4.79 Å². The van der Waals surface area contributed by atoms with Gasteiger partial charge >= 0.3 is 0 Å². The second-order valence-electron chi connectivity index (χ2n) is 4.51. The van der Waals surface area contributed by atoms with Crippen LogP contribution in [0, 0.1) is 9.49 Å². The van der Waals surface area contributed by atoms with Crippen LogP contribution in [0.15, 0.2) is 24.3 Å². The first-order chi connectivity index (χ1) is 7.99. The number of amides is 1. The third-order valence-electron chi connectivity index (χ3n) is 2.31. The molecule has 0 aliphatic heterocycles. The van der Waals surface area contributed by atoms with Crippen molar-refractivity contribution >= 4 is 34.2 Å². The Morgan fingerprint density at radius 1 is 1.24 bits per heavy atom. The molecule has 4 heteroatoms. The van der Waals surface area contributed by atoms with Crippen LogP contribution >= 0.6 is 22.6 Å². The quantitative estimate of drug-likeness (QED) is 0.805. The molecular weight excluding hydrogens is 327 g/mol. The van der Waals surface area contributed by atoms with Gasteiger partial charge in [0.15, 0.2) is 0 Å². The lowest BCUT2D eigenvalue weighted by Crippen LogP contribution is -2.39. The van der Waals surface area contributed by atoms with E-state index in [9.17, 15) is 4.79 Å². The maximum absolute atomic E-state index is 11.7. The second-order valence-corrected chi connectivity index (χ2v) is 5.76. The SMILES string of the molecule is CC(C)CNC(=O)C(C)Nc1ccc(I)cc1. The van der Waals surface area contributed by atoms with Crippen molar-refractivity contribution in [1.29, 1.82) is 0 Å². The Morgan fingerprint density at radius 3 is 2.35 bits per heavy atom. The van der Waals surface area contributed by atoms with E-state index < -0.39 is 0 Å². The highest BCUT2D eigenvalue weighted by molar-refractivity contribution is 14.1. The Morgan fingerprint density at radius 2 is 1.82 bits per heavy atom. The van der Waals surface area contributed by atoms with Crippen molar-refractivity contribution in [3.8, 4) is 0 Å². The van der Waals surface area contributed by atoms with Gasteiger partial charge in [-0.25, -0.2) is 0 Å². The first-order valence-electron chi connectivity index (χ1n) is 5.79. The van der Waals surface area contributed by atoms with E-state index in [0.29, 0.717) is 5.92 Å². The van der Waals surface area contributed by atoms with E-state index in [4.69, 9.17) is 0 Å². The number of nitrogens with one attached hydrogen (secondary N) is 2. The third-order valence-corrected chi connectivity index (χ3v) is 3.02. The maximum Gasteiger partial charge on any atom is 0.242 e. The van der Waals surface area contributed by atoms with E-state index >= 15 is 0 Å². The van der Waals surface area contributed by atoms with E-state index in [2.05, 4.69) is 47.1 Å². The molecule has 1 amide bonds. The molecule has 2 N–H and O–H groups in total. The van der Waals surface area contributed by atoms with Crippen LogP contribution in [0.3, 0.4) is 0 Å². The average molecular weight is 346 g/mol. The fourth-order valence-corrected chi connectivity index (χ4v) is 1.68. The average Bonchev–Trinajstić information content (AvgIpc) is 2.28. The molecule has 0 bridgehead atoms. The number of carbonyl (C=O) groups excluding carboxylic acids is 1. The number of rotatable bonds is 5. The smallest absolute Gasteiger partial charge is 0.242 e. The summed E-state index contributed by atoms with van der Waals surface area (Å²) in [5.41, 5.74) is 0.970. The summed E-state index contributed by atoms with van der Waals surface area (Å²) in [4.78, 5) is 11.7. The number of halogens is 1. The van der Waals surface area contributed by atoms with Gasteiger partial charge < -0.3 is 10.6 Å². The van der Waals surface area contributed by atoms with Crippen molar-refractivity contribution in [3.63, 3.8) is 0 Å². The minimum absolute atomic E-state index is 0.0391. The van der Waals surface area contributed by atoms with Gasteiger partial charge in [-0.2, -0.15) is 0 Å². The second kappa shape index (κ2) is 6.83. The van der Waals surface area contributed by atoms with Crippen LogP contribution in [0.25, 0.3) is 0 Å². The van der Waals surface area contributed by atoms with Crippen molar-refractivity contribution in [3.05, 3.63) is 27.8 Å². The van der Waals surface area contributed by atoms with E-state index in [1.165, 1.54) is 3.57 Å². The molecule has 0 spiro atoms. The summed E-state index contributed by atoms with van der Waals surface area (Å²) in [7, 11) is 0. The number of hydrogen-bond acceptors (Lipinski definition) is 2. The zero-order valence-electron chi connectivity index (χ0n) is 10.5. The highest BCUT2D eigenvalue weighted by atomic mass is 127. The van der Waals surface area contributed by atoms with Crippen molar-refractivity contribution in [2.24, 2.45) is 5.92 Å². The van der Waals surface area contributed by atoms with Gasteiger partial charge in [0.25, 0.3) is 0 Å². The van der Waals surface area contributed by atoms with E-state index in [0.717, 1.165) is 12.2 Å². The number of hydrogen-bond donors (Lipinski definition) is 2. The molecule has 0 saturated heterocycles. The molecule has 0 aliphatic carbocycles. The predicted octanol–water partition coefficient (Wildman–Crippen LogP) is 2.86. The molecule has 1 aromatic rings. The lowest BCUT2D eigenvalue weighted by molar-refractivity contribution is -0.121. The monoisotopic (exact) mass is 346 g/mol. The molecule has 17 heavy (non-hydrogen) atoms. The van der Waals surface area contributed by atoms with E-state index in [-0.39, 0.29) is 11.9 Å². The maximum atomic E-state index is 11.7.